The highest BCUT2D eigenvalue weighted by molar-refractivity contribution is 8.29. The molecule has 0 saturated heterocycles. The van der Waals surface area contributed by atoms with Crippen molar-refractivity contribution in [1.29, 1.82) is 0 Å². The van der Waals surface area contributed by atoms with Crippen molar-refractivity contribution in [2.75, 3.05) is 6.67 Å². The van der Waals surface area contributed by atoms with Crippen molar-refractivity contribution in [1.82, 2.24) is 0 Å². The summed E-state index contributed by atoms with van der Waals surface area (Å²) in [5.41, 5.74) is 1.05. The van der Waals surface area contributed by atoms with Crippen LogP contribution in [0, 0.1) is 6.92 Å². The first-order chi connectivity index (χ1) is 6.41. The number of aryl methyl sites for hydroxylation is 1. The van der Waals surface area contributed by atoms with E-state index in [4.69, 9.17) is 4.55 Å². The minimum absolute atomic E-state index is 0.250. The van der Waals surface area contributed by atoms with Crippen LogP contribution in [0.25, 0.3) is 0 Å². The van der Waals surface area contributed by atoms with Gasteiger partial charge in [-0.25, -0.2) is 4.21 Å². The van der Waals surface area contributed by atoms with Crippen LogP contribution in [0.5, 0.6) is 0 Å². The predicted octanol–water partition coefficient (Wildman–Crippen LogP) is 2.55. The molecule has 0 fully saturated rings. The maximum atomic E-state index is 10.9. The number of halogens is 1. The molecule has 5 heteroatoms. The Hall–Kier alpha value is -0.520. The number of benzene rings is 1. The van der Waals surface area contributed by atoms with E-state index in [1.54, 1.807) is 24.3 Å². The lowest BCUT2D eigenvalue weighted by molar-refractivity contribution is 0.527. The first-order valence-corrected chi connectivity index (χ1v) is 6.46. The Morgan fingerprint density at radius 2 is 1.79 bits per heavy atom. The Morgan fingerprint density at radius 3 is 2.07 bits per heavy atom. The molecule has 14 heavy (non-hydrogen) atoms. The summed E-state index contributed by atoms with van der Waals surface area (Å²) < 4.78 is 30.1. The fourth-order valence-electron chi connectivity index (χ4n) is 0.710. The molecule has 0 aliphatic heterocycles. The van der Waals surface area contributed by atoms with Gasteiger partial charge in [0.15, 0.2) is 8.77 Å². The molecule has 0 amide bonds. The summed E-state index contributed by atoms with van der Waals surface area (Å²) in [7, 11) is -3.19. The predicted molar refractivity (Wildman–Crippen MR) is 59.2 cm³/mol. The summed E-state index contributed by atoms with van der Waals surface area (Å²) in [5, 5.41) is 0. The van der Waals surface area contributed by atoms with E-state index < -0.39 is 8.77 Å². The largest absolute Gasteiger partial charge is 0.302 e. The van der Waals surface area contributed by atoms with Gasteiger partial charge in [0.25, 0.3) is 0 Å². The second-order valence-electron chi connectivity index (χ2n) is 2.56. The molecule has 0 spiro atoms. The van der Waals surface area contributed by atoms with Gasteiger partial charge in [0.05, 0.1) is 11.6 Å². The van der Waals surface area contributed by atoms with Gasteiger partial charge in [0, 0.05) is 11.2 Å². The van der Waals surface area contributed by atoms with Crippen LogP contribution in [0.3, 0.4) is 0 Å². The van der Waals surface area contributed by atoms with Gasteiger partial charge in [0.2, 0.25) is 0 Å². The molecule has 80 valence electrons. The van der Waals surface area contributed by atoms with E-state index >= 15 is 0 Å². The maximum Gasteiger partial charge on any atom is 0.171 e. The van der Waals surface area contributed by atoms with Gasteiger partial charge >= 0.3 is 0 Å². The van der Waals surface area contributed by atoms with Gasteiger partial charge in [0.1, 0.15) is 0 Å². The summed E-state index contributed by atoms with van der Waals surface area (Å²) in [4.78, 5) is 0.304. The molecule has 0 bridgehead atoms. The van der Waals surface area contributed by atoms with E-state index in [2.05, 4.69) is 11.2 Å². The average Bonchev–Trinajstić information content (AvgIpc) is 2.04. The van der Waals surface area contributed by atoms with E-state index in [0.717, 1.165) is 5.56 Å². The molecule has 1 aromatic rings. The van der Waals surface area contributed by atoms with Gasteiger partial charge in [-0.05, 0) is 26.0 Å². The van der Waals surface area contributed by atoms with E-state index in [9.17, 15) is 8.60 Å². The standard InChI is InChI=1S/C7H8O2S2.C2H5F/c1-6-2-4-7(5-3-6)11(8,9)10;1-2-3/h2-5H,1H3,(H,8,9,10);2H2,1H3. The van der Waals surface area contributed by atoms with Crippen molar-refractivity contribution >= 4 is 20.0 Å². The van der Waals surface area contributed by atoms with Crippen molar-refractivity contribution in [3.8, 4) is 0 Å². The van der Waals surface area contributed by atoms with Gasteiger partial charge < -0.3 is 4.55 Å². The first-order valence-electron chi connectivity index (χ1n) is 4.02. The molecule has 0 aromatic heterocycles. The molecular formula is C9H13FO2S2. The molecule has 0 unspecified atom stereocenters. The Bertz CT molecular complexity index is 357. The van der Waals surface area contributed by atoms with Gasteiger partial charge in [-0.15, -0.1) is 0 Å². The highest BCUT2D eigenvalue weighted by Gasteiger charge is 2.02. The highest BCUT2D eigenvalue weighted by atomic mass is 32.8. The summed E-state index contributed by atoms with van der Waals surface area (Å²) in [5.74, 6) is 0. The Morgan fingerprint density at radius 1 is 1.43 bits per heavy atom. The molecule has 0 heterocycles. The zero-order chi connectivity index (χ0) is 11.2. The molecule has 2 nitrogen and oxygen atoms in total. The van der Waals surface area contributed by atoms with E-state index in [0.29, 0.717) is 4.90 Å². The quantitative estimate of drug-likeness (QED) is 0.814. The second-order valence-corrected chi connectivity index (χ2v) is 5.33. The fourth-order valence-corrected chi connectivity index (χ4v) is 1.52. The third-order valence-corrected chi connectivity index (χ3v) is 2.76. The van der Waals surface area contributed by atoms with Gasteiger partial charge in [-0.1, -0.05) is 17.7 Å². The van der Waals surface area contributed by atoms with Crippen LogP contribution in [-0.2, 0) is 20.0 Å². The van der Waals surface area contributed by atoms with Gasteiger partial charge in [-0.2, -0.15) is 0 Å². The van der Waals surface area contributed by atoms with Crippen LogP contribution in [-0.4, -0.2) is 15.4 Å². The van der Waals surface area contributed by atoms with E-state index in [1.165, 1.54) is 6.92 Å². The molecule has 0 aliphatic carbocycles. The third-order valence-electron chi connectivity index (χ3n) is 1.32. The normalized spacial score (nSPS) is 13.7. The smallest absolute Gasteiger partial charge is 0.171 e. The van der Waals surface area contributed by atoms with Crippen LogP contribution in [0.4, 0.5) is 4.39 Å². The SMILES string of the molecule is CCF.Cc1ccc([S@](=O)(O)=S)cc1. The van der Waals surface area contributed by atoms with Crippen LogP contribution < -0.4 is 0 Å². The van der Waals surface area contributed by atoms with Crippen molar-refractivity contribution in [2.45, 2.75) is 18.7 Å². The van der Waals surface area contributed by atoms with Crippen LogP contribution in [0.15, 0.2) is 29.2 Å². The summed E-state index contributed by atoms with van der Waals surface area (Å²) in [6.45, 7) is 3.12. The zero-order valence-electron chi connectivity index (χ0n) is 8.07. The Balaban J connectivity index is 0.000000500. The Labute approximate surface area is 88.7 Å². The molecule has 1 rings (SSSR count). The van der Waals surface area contributed by atoms with E-state index in [-0.39, 0.29) is 6.67 Å². The monoisotopic (exact) mass is 236 g/mol. The zero-order valence-corrected chi connectivity index (χ0v) is 9.70. The fraction of sp³-hybridized carbons (Fsp3) is 0.333. The minimum atomic E-state index is -3.19. The van der Waals surface area contributed by atoms with Crippen molar-refractivity contribution in [3.63, 3.8) is 0 Å². The van der Waals surface area contributed by atoms with Crippen LogP contribution in [0.2, 0.25) is 0 Å². The van der Waals surface area contributed by atoms with Crippen molar-refractivity contribution in [3.05, 3.63) is 29.8 Å². The topological polar surface area (TPSA) is 37.3 Å². The van der Waals surface area contributed by atoms with E-state index in [1.807, 2.05) is 6.92 Å². The third kappa shape index (κ3) is 5.26. The molecule has 1 N–H and O–H groups in total. The lowest BCUT2D eigenvalue weighted by Gasteiger charge is -1.98. The first kappa shape index (κ1) is 13.5. The van der Waals surface area contributed by atoms with Crippen LogP contribution in [0.1, 0.15) is 12.5 Å². The van der Waals surface area contributed by atoms with Crippen molar-refractivity contribution in [2.24, 2.45) is 0 Å². The van der Waals surface area contributed by atoms with Gasteiger partial charge in [-0.3, -0.25) is 4.39 Å². The lowest BCUT2D eigenvalue weighted by atomic mass is 10.2. The minimum Gasteiger partial charge on any atom is -0.302 e. The molecule has 1 atom stereocenters. The lowest BCUT2D eigenvalue weighted by Crippen LogP contribution is -1.95. The summed E-state index contributed by atoms with van der Waals surface area (Å²) >= 11 is 4.38. The molecule has 0 saturated carbocycles. The Kier molecular flexibility index (Phi) is 5.83. The van der Waals surface area contributed by atoms with Crippen molar-refractivity contribution < 1.29 is 13.2 Å². The number of alkyl halides is 1. The molecular weight excluding hydrogens is 223 g/mol. The molecule has 1 aromatic carbocycles. The van der Waals surface area contributed by atoms with Crippen LogP contribution >= 0.6 is 0 Å². The summed E-state index contributed by atoms with van der Waals surface area (Å²) in [6.07, 6.45) is 0. The number of hydrogen-bond donors (Lipinski definition) is 1. The number of hydrogen-bond acceptors (Lipinski definition) is 2. The second kappa shape index (κ2) is 6.06. The highest BCUT2D eigenvalue weighted by Crippen LogP contribution is 2.09. The average molecular weight is 236 g/mol. The summed E-state index contributed by atoms with van der Waals surface area (Å²) in [6, 6.07) is 6.67. The molecule has 0 aliphatic rings. The molecule has 0 radical (unpaired) electrons. The maximum absolute atomic E-state index is 10.9. The number of rotatable bonds is 1.